The molecule has 0 bridgehead atoms. The molecule has 1 aliphatic heterocycles. The van der Waals surface area contributed by atoms with Gasteiger partial charge in [-0.25, -0.2) is 0 Å². The van der Waals surface area contributed by atoms with E-state index in [2.05, 4.69) is 5.32 Å². The fourth-order valence-corrected chi connectivity index (χ4v) is 3.10. The molecular formula is C16H24BNO3S. The Morgan fingerprint density at radius 3 is 2.41 bits per heavy atom. The van der Waals surface area contributed by atoms with Gasteiger partial charge in [-0.05, 0) is 64.1 Å². The number of thiophene rings is 1. The number of nitrogens with one attached hydrogen (secondary N) is 1. The summed E-state index contributed by atoms with van der Waals surface area (Å²) in [5.74, 6) is 0.0824. The highest BCUT2D eigenvalue weighted by Gasteiger charge is 2.52. The molecule has 0 radical (unpaired) electrons. The molecule has 0 saturated carbocycles. The van der Waals surface area contributed by atoms with Crippen LogP contribution in [0.4, 0.5) is 0 Å². The summed E-state index contributed by atoms with van der Waals surface area (Å²) in [7, 11) is 1.48. The number of hydrogen-bond donors (Lipinski definition) is 1. The van der Waals surface area contributed by atoms with E-state index in [1.807, 2.05) is 52.3 Å². The standard InChI is InChI=1S/C16H24BNO3S/c1-11(19)14-12(7-8-22-14)9-13(10-18-6)17-20-15(2,3)16(4,5)21-17/h7-9,18H,10H2,1-6H3. The number of rotatable bonds is 5. The minimum atomic E-state index is -0.405. The molecule has 1 aliphatic rings. The smallest absolute Gasteiger partial charge is 0.400 e. The molecule has 120 valence electrons. The summed E-state index contributed by atoms with van der Waals surface area (Å²) in [6.45, 7) is 10.4. The Bertz CT molecular complexity index is 576. The lowest BCUT2D eigenvalue weighted by molar-refractivity contribution is 0.00578. The van der Waals surface area contributed by atoms with Crippen LogP contribution in [0.1, 0.15) is 49.9 Å². The SMILES string of the molecule is CNCC(=Cc1ccsc1C(C)=O)B1OC(C)(C)C(C)(C)O1. The summed E-state index contributed by atoms with van der Waals surface area (Å²) in [4.78, 5) is 12.5. The lowest BCUT2D eigenvalue weighted by atomic mass is 9.77. The minimum Gasteiger partial charge on any atom is -0.400 e. The molecule has 0 aliphatic carbocycles. The normalized spacial score (nSPS) is 20.5. The molecular weight excluding hydrogens is 297 g/mol. The maximum Gasteiger partial charge on any atom is 0.491 e. The second-order valence-corrected chi connectivity index (χ2v) is 7.52. The predicted octanol–water partition coefficient (Wildman–Crippen LogP) is 3.18. The van der Waals surface area contributed by atoms with E-state index in [1.54, 1.807) is 6.92 Å². The van der Waals surface area contributed by atoms with E-state index >= 15 is 0 Å². The highest BCUT2D eigenvalue weighted by molar-refractivity contribution is 7.12. The summed E-state index contributed by atoms with van der Waals surface area (Å²) in [5.41, 5.74) is 1.17. The van der Waals surface area contributed by atoms with Crippen molar-refractivity contribution >= 4 is 30.3 Å². The lowest BCUT2D eigenvalue weighted by Gasteiger charge is -2.32. The monoisotopic (exact) mass is 321 g/mol. The zero-order valence-corrected chi connectivity index (χ0v) is 15.0. The number of ketones is 1. The van der Waals surface area contributed by atoms with Crippen molar-refractivity contribution in [1.29, 1.82) is 0 Å². The van der Waals surface area contributed by atoms with Gasteiger partial charge in [-0.15, -0.1) is 11.3 Å². The maximum absolute atomic E-state index is 11.7. The fraction of sp³-hybridized carbons (Fsp3) is 0.562. The van der Waals surface area contributed by atoms with Gasteiger partial charge in [0.05, 0.1) is 16.1 Å². The van der Waals surface area contributed by atoms with Crippen LogP contribution >= 0.6 is 11.3 Å². The van der Waals surface area contributed by atoms with Crippen LogP contribution < -0.4 is 5.32 Å². The largest absolute Gasteiger partial charge is 0.491 e. The van der Waals surface area contributed by atoms with Crippen molar-refractivity contribution in [2.45, 2.75) is 45.8 Å². The van der Waals surface area contributed by atoms with E-state index in [4.69, 9.17) is 9.31 Å². The third-order valence-electron chi connectivity index (χ3n) is 4.29. The molecule has 0 spiro atoms. The number of hydrogen-bond acceptors (Lipinski definition) is 5. The predicted molar refractivity (Wildman–Crippen MR) is 92.3 cm³/mol. The quantitative estimate of drug-likeness (QED) is 0.668. The molecule has 0 unspecified atom stereocenters. The van der Waals surface area contributed by atoms with Crippen LogP contribution in [-0.4, -0.2) is 37.7 Å². The van der Waals surface area contributed by atoms with E-state index in [0.29, 0.717) is 6.54 Å². The van der Waals surface area contributed by atoms with Gasteiger partial charge in [-0.3, -0.25) is 4.79 Å². The zero-order valence-electron chi connectivity index (χ0n) is 14.1. The summed E-state index contributed by atoms with van der Waals surface area (Å²) in [5, 5.41) is 5.09. The Morgan fingerprint density at radius 1 is 1.32 bits per heavy atom. The molecule has 0 amide bonds. The van der Waals surface area contributed by atoms with Crippen molar-refractivity contribution in [3.05, 3.63) is 27.4 Å². The van der Waals surface area contributed by atoms with Crippen LogP contribution in [0.3, 0.4) is 0 Å². The molecule has 0 aromatic carbocycles. The third-order valence-corrected chi connectivity index (χ3v) is 5.32. The van der Waals surface area contributed by atoms with Crippen molar-refractivity contribution < 1.29 is 14.1 Å². The van der Waals surface area contributed by atoms with Gasteiger partial charge in [0.1, 0.15) is 0 Å². The number of carbonyl (C=O) groups excluding carboxylic acids is 1. The average molecular weight is 321 g/mol. The maximum atomic E-state index is 11.7. The molecule has 2 heterocycles. The van der Waals surface area contributed by atoms with Crippen LogP contribution in [0.15, 0.2) is 16.9 Å². The topological polar surface area (TPSA) is 47.6 Å². The Balaban J connectivity index is 2.33. The Morgan fingerprint density at radius 2 is 1.91 bits per heavy atom. The molecule has 1 aromatic rings. The second-order valence-electron chi connectivity index (χ2n) is 6.60. The summed E-state index contributed by atoms with van der Waals surface area (Å²) >= 11 is 1.46. The van der Waals surface area contributed by atoms with Crippen LogP contribution in [0.5, 0.6) is 0 Å². The zero-order chi connectivity index (χ0) is 16.5. The fourth-order valence-electron chi connectivity index (χ4n) is 2.32. The van der Waals surface area contributed by atoms with Crippen molar-refractivity contribution in [1.82, 2.24) is 5.32 Å². The Labute approximate surface area is 137 Å². The van der Waals surface area contributed by atoms with Gasteiger partial charge in [-0.1, -0.05) is 6.08 Å². The molecule has 4 nitrogen and oxygen atoms in total. The Kier molecular flexibility index (Phi) is 4.97. The van der Waals surface area contributed by atoms with Crippen LogP contribution in [0.25, 0.3) is 6.08 Å². The van der Waals surface area contributed by atoms with Gasteiger partial charge in [0.2, 0.25) is 0 Å². The molecule has 0 atom stereocenters. The van der Waals surface area contributed by atoms with Gasteiger partial charge >= 0.3 is 7.12 Å². The first-order chi connectivity index (χ1) is 10.2. The highest BCUT2D eigenvalue weighted by atomic mass is 32.1. The number of carbonyl (C=O) groups is 1. The van der Waals surface area contributed by atoms with Crippen LogP contribution in [0.2, 0.25) is 0 Å². The highest BCUT2D eigenvalue weighted by Crippen LogP contribution is 2.39. The molecule has 22 heavy (non-hydrogen) atoms. The minimum absolute atomic E-state index is 0.0824. The Hall–Kier alpha value is -0.945. The van der Waals surface area contributed by atoms with Gasteiger partial charge in [0, 0.05) is 6.54 Å². The van der Waals surface area contributed by atoms with Gasteiger partial charge in [-0.2, -0.15) is 0 Å². The van der Waals surface area contributed by atoms with Crippen molar-refractivity contribution in [2.24, 2.45) is 0 Å². The van der Waals surface area contributed by atoms with Crippen LogP contribution in [0, 0.1) is 0 Å². The third kappa shape index (κ3) is 3.35. The van der Waals surface area contributed by atoms with Crippen LogP contribution in [-0.2, 0) is 9.31 Å². The van der Waals surface area contributed by atoms with Crippen molar-refractivity contribution in [2.75, 3.05) is 13.6 Å². The second kappa shape index (κ2) is 6.28. The van der Waals surface area contributed by atoms with E-state index < -0.39 is 7.12 Å². The molecule has 2 rings (SSSR count). The summed E-state index contributed by atoms with van der Waals surface area (Å²) < 4.78 is 12.2. The van der Waals surface area contributed by atoms with E-state index in [9.17, 15) is 4.79 Å². The van der Waals surface area contributed by atoms with E-state index in [1.165, 1.54) is 11.3 Å². The van der Waals surface area contributed by atoms with Gasteiger partial charge in [0.25, 0.3) is 0 Å². The molecule has 1 aromatic heterocycles. The first-order valence-electron chi connectivity index (χ1n) is 7.47. The van der Waals surface area contributed by atoms with Crippen molar-refractivity contribution in [3.63, 3.8) is 0 Å². The van der Waals surface area contributed by atoms with E-state index in [0.717, 1.165) is 15.9 Å². The average Bonchev–Trinajstić information content (AvgIpc) is 2.92. The molecule has 1 fully saturated rings. The molecule has 1 N–H and O–H groups in total. The first kappa shape index (κ1) is 17.4. The molecule has 1 saturated heterocycles. The first-order valence-corrected chi connectivity index (χ1v) is 8.35. The van der Waals surface area contributed by atoms with Gasteiger partial charge in [0.15, 0.2) is 5.78 Å². The van der Waals surface area contributed by atoms with Crippen molar-refractivity contribution in [3.8, 4) is 0 Å². The lowest BCUT2D eigenvalue weighted by Crippen LogP contribution is -2.41. The summed E-state index contributed by atoms with van der Waals surface area (Å²) in [6.07, 6.45) is 2.01. The van der Waals surface area contributed by atoms with Gasteiger partial charge < -0.3 is 14.6 Å². The summed E-state index contributed by atoms with van der Waals surface area (Å²) in [6, 6.07) is 1.96. The van der Waals surface area contributed by atoms with E-state index in [-0.39, 0.29) is 17.0 Å². The number of Topliss-reactive ketones (excluding diaryl/α,β-unsaturated/α-hetero) is 1. The molecule has 6 heteroatoms. The number of likely N-dealkylation sites (N-methyl/N-ethyl adjacent to an activating group) is 1.